The summed E-state index contributed by atoms with van der Waals surface area (Å²) in [5, 5.41) is 3.10. The lowest BCUT2D eigenvalue weighted by atomic mass is 10.3. The number of thiophene rings is 1. The molecule has 2 rings (SSSR count). The molecule has 2 N–H and O–H groups in total. The number of hydrogen-bond donors (Lipinski definition) is 1. The van der Waals surface area contributed by atoms with E-state index in [2.05, 4.69) is 21.4 Å². The van der Waals surface area contributed by atoms with Gasteiger partial charge in [-0.25, -0.2) is 9.97 Å². The molecule has 0 spiro atoms. The van der Waals surface area contributed by atoms with Gasteiger partial charge in [0.25, 0.3) is 0 Å². The lowest BCUT2D eigenvalue weighted by molar-refractivity contribution is 0.920. The topological polar surface area (TPSA) is 51.8 Å². The molecule has 15 heavy (non-hydrogen) atoms. The third-order valence-corrected chi connectivity index (χ3v) is 4.15. The van der Waals surface area contributed by atoms with Crippen LogP contribution in [0, 0.1) is 0 Å². The third kappa shape index (κ3) is 2.77. The van der Waals surface area contributed by atoms with E-state index in [1.807, 2.05) is 12.1 Å². The summed E-state index contributed by atoms with van der Waals surface area (Å²) in [5.41, 5.74) is 5.74. The molecule has 0 saturated carbocycles. The van der Waals surface area contributed by atoms with Crippen LogP contribution in [0.1, 0.15) is 10.1 Å². The molecule has 0 aliphatic heterocycles. The first-order chi connectivity index (χ1) is 7.40. The Bertz CT molecular complexity index is 388. The van der Waals surface area contributed by atoms with Crippen molar-refractivity contribution in [3.05, 3.63) is 40.8 Å². The maximum absolute atomic E-state index is 5.74. The number of thioether (sulfide) groups is 1. The minimum Gasteiger partial charge on any atom is -0.329 e. The Morgan fingerprint density at radius 3 is 2.73 bits per heavy atom. The second kappa shape index (κ2) is 5.25. The van der Waals surface area contributed by atoms with Crippen LogP contribution in [0.3, 0.4) is 0 Å². The van der Waals surface area contributed by atoms with Crippen LogP contribution in [-0.2, 0) is 0 Å². The van der Waals surface area contributed by atoms with Crippen LogP contribution in [0.2, 0.25) is 0 Å². The minimum absolute atomic E-state index is 0.257. The largest absolute Gasteiger partial charge is 0.329 e. The van der Waals surface area contributed by atoms with Crippen molar-refractivity contribution < 1.29 is 0 Å². The van der Waals surface area contributed by atoms with Gasteiger partial charge in [-0.1, -0.05) is 17.8 Å². The van der Waals surface area contributed by atoms with Crippen LogP contribution in [0.25, 0.3) is 0 Å². The zero-order valence-corrected chi connectivity index (χ0v) is 9.67. The fraction of sp³-hybridized carbons (Fsp3) is 0.200. The molecular formula is C10H11N3S2. The summed E-state index contributed by atoms with van der Waals surface area (Å²) in [5.74, 6) is 0. The van der Waals surface area contributed by atoms with E-state index in [-0.39, 0.29) is 5.25 Å². The smallest absolute Gasteiger partial charge is 0.188 e. The summed E-state index contributed by atoms with van der Waals surface area (Å²) in [7, 11) is 0. The molecule has 3 nitrogen and oxygen atoms in total. The van der Waals surface area contributed by atoms with Crippen LogP contribution in [0.15, 0.2) is 41.1 Å². The highest BCUT2D eigenvalue weighted by molar-refractivity contribution is 7.99. The molecule has 0 bridgehead atoms. The Balaban J connectivity index is 2.10. The molecule has 0 aliphatic carbocycles. The van der Waals surface area contributed by atoms with Gasteiger partial charge in [0.1, 0.15) is 0 Å². The molecule has 0 saturated heterocycles. The molecule has 2 aromatic heterocycles. The van der Waals surface area contributed by atoms with Crippen molar-refractivity contribution in [3.8, 4) is 0 Å². The lowest BCUT2D eigenvalue weighted by Crippen LogP contribution is -2.08. The van der Waals surface area contributed by atoms with Gasteiger partial charge in [0.15, 0.2) is 5.16 Å². The molecule has 5 heteroatoms. The van der Waals surface area contributed by atoms with Gasteiger partial charge in [-0.05, 0) is 17.5 Å². The predicted molar refractivity (Wildman–Crippen MR) is 64.0 cm³/mol. The quantitative estimate of drug-likeness (QED) is 0.655. The average molecular weight is 237 g/mol. The van der Waals surface area contributed by atoms with Gasteiger partial charge in [-0.3, -0.25) is 0 Å². The fourth-order valence-corrected chi connectivity index (χ4v) is 2.99. The number of nitrogens with two attached hydrogens (primary N) is 1. The summed E-state index contributed by atoms with van der Waals surface area (Å²) >= 11 is 3.33. The van der Waals surface area contributed by atoms with Gasteiger partial charge in [-0.15, -0.1) is 11.3 Å². The van der Waals surface area contributed by atoms with E-state index in [1.54, 1.807) is 35.5 Å². The summed E-state index contributed by atoms with van der Waals surface area (Å²) < 4.78 is 0. The van der Waals surface area contributed by atoms with Gasteiger partial charge in [0.2, 0.25) is 0 Å². The fourth-order valence-electron chi connectivity index (χ4n) is 1.17. The number of rotatable bonds is 4. The van der Waals surface area contributed by atoms with Crippen LogP contribution in [-0.4, -0.2) is 16.5 Å². The highest BCUT2D eigenvalue weighted by Gasteiger charge is 2.13. The Hall–Kier alpha value is -0.910. The second-order valence-corrected chi connectivity index (χ2v) is 5.04. The second-order valence-electron chi connectivity index (χ2n) is 2.89. The summed E-state index contributed by atoms with van der Waals surface area (Å²) in [6.45, 7) is 0.601. The van der Waals surface area contributed by atoms with Crippen LogP contribution >= 0.6 is 23.1 Å². The molecule has 0 aromatic carbocycles. The van der Waals surface area contributed by atoms with Crippen LogP contribution < -0.4 is 5.73 Å². The summed E-state index contributed by atoms with van der Waals surface area (Å²) in [6, 6.07) is 5.94. The molecule has 0 aliphatic rings. The highest BCUT2D eigenvalue weighted by Crippen LogP contribution is 2.34. The maximum Gasteiger partial charge on any atom is 0.188 e. The molecule has 0 amide bonds. The van der Waals surface area contributed by atoms with Crippen molar-refractivity contribution in [2.24, 2.45) is 5.73 Å². The van der Waals surface area contributed by atoms with E-state index in [0.717, 1.165) is 5.16 Å². The maximum atomic E-state index is 5.74. The molecule has 1 atom stereocenters. The first-order valence-corrected chi connectivity index (χ1v) is 6.33. The van der Waals surface area contributed by atoms with Gasteiger partial charge in [-0.2, -0.15) is 0 Å². The van der Waals surface area contributed by atoms with Crippen LogP contribution in [0.5, 0.6) is 0 Å². The molecule has 2 heterocycles. The van der Waals surface area contributed by atoms with Crippen molar-refractivity contribution in [1.82, 2.24) is 9.97 Å². The molecule has 0 radical (unpaired) electrons. The highest BCUT2D eigenvalue weighted by atomic mass is 32.2. The van der Waals surface area contributed by atoms with Gasteiger partial charge in [0.05, 0.1) is 5.25 Å². The zero-order chi connectivity index (χ0) is 10.5. The average Bonchev–Trinajstić information content (AvgIpc) is 2.81. The number of hydrogen-bond acceptors (Lipinski definition) is 5. The molecule has 0 fully saturated rings. The van der Waals surface area contributed by atoms with Crippen molar-refractivity contribution in [3.63, 3.8) is 0 Å². The first-order valence-electron chi connectivity index (χ1n) is 4.57. The van der Waals surface area contributed by atoms with Crippen molar-refractivity contribution in [2.75, 3.05) is 6.54 Å². The van der Waals surface area contributed by atoms with Crippen molar-refractivity contribution >= 4 is 23.1 Å². The monoisotopic (exact) mass is 237 g/mol. The SMILES string of the molecule is NCC(Sc1ncccn1)c1cccs1. The summed E-state index contributed by atoms with van der Waals surface area (Å²) in [4.78, 5) is 9.63. The van der Waals surface area contributed by atoms with Crippen LogP contribution in [0.4, 0.5) is 0 Å². The van der Waals surface area contributed by atoms with Gasteiger partial charge < -0.3 is 5.73 Å². The lowest BCUT2D eigenvalue weighted by Gasteiger charge is -2.10. The Kier molecular flexibility index (Phi) is 3.71. The van der Waals surface area contributed by atoms with E-state index in [1.165, 1.54) is 4.88 Å². The van der Waals surface area contributed by atoms with Crippen molar-refractivity contribution in [1.29, 1.82) is 0 Å². The molecule has 78 valence electrons. The Labute approximate surface area is 96.8 Å². The minimum atomic E-state index is 0.257. The van der Waals surface area contributed by atoms with E-state index in [4.69, 9.17) is 5.73 Å². The Morgan fingerprint density at radius 1 is 1.33 bits per heavy atom. The zero-order valence-electron chi connectivity index (χ0n) is 8.04. The Morgan fingerprint density at radius 2 is 2.13 bits per heavy atom. The summed E-state index contributed by atoms with van der Waals surface area (Å²) in [6.07, 6.45) is 3.49. The van der Waals surface area contributed by atoms with E-state index in [9.17, 15) is 0 Å². The normalized spacial score (nSPS) is 12.6. The van der Waals surface area contributed by atoms with Gasteiger partial charge >= 0.3 is 0 Å². The number of aromatic nitrogens is 2. The van der Waals surface area contributed by atoms with Crippen molar-refractivity contribution in [2.45, 2.75) is 10.4 Å². The van der Waals surface area contributed by atoms with Gasteiger partial charge in [0, 0.05) is 23.8 Å². The molecule has 1 unspecified atom stereocenters. The van der Waals surface area contributed by atoms with E-state index >= 15 is 0 Å². The first kappa shape index (κ1) is 10.6. The molecular weight excluding hydrogens is 226 g/mol. The number of nitrogens with zero attached hydrogens (tertiary/aromatic N) is 2. The standard InChI is InChI=1S/C10H11N3S2/c11-7-9(8-3-1-6-14-8)15-10-12-4-2-5-13-10/h1-6,9H,7,11H2. The van der Waals surface area contributed by atoms with E-state index < -0.39 is 0 Å². The predicted octanol–water partition coefficient (Wildman–Crippen LogP) is 2.33. The molecule has 2 aromatic rings. The van der Waals surface area contributed by atoms with E-state index in [0.29, 0.717) is 6.54 Å². The third-order valence-electron chi connectivity index (χ3n) is 1.86.